The highest BCUT2D eigenvalue weighted by atomic mass is 35.5. The number of aryl methyl sites for hydroxylation is 1. The largest absolute Gasteiger partial charge is 0.337 e. The van der Waals surface area contributed by atoms with Crippen LogP contribution in [0.1, 0.15) is 18.5 Å². The molecule has 1 aliphatic heterocycles. The first-order valence-electron chi connectivity index (χ1n) is 11.2. The summed E-state index contributed by atoms with van der Waals surface area (Å²) in [6.07, 6.45) is 1.42. The van der Waals surface area contributed by atoms with E-state index in [9.17, 15) is 13.2 Å². The number of nitrogens with zero attached hydrogens (tertiary/aromatic N) is 2. The SMILES string of the molecule is Cc1cc(NC(=O)NCCN2CCC(NS(=O)(=O)c3ccc(Cl)cc3)CC2)c2ccccc2n1. The number of carbonyl (C=O) groups excluding carboxylic acids is 1. The molecule has 3 N–H and O–H groups in total. The molecule has 0 atom stereocenters. The summed E-state index contributed by atoms with van der Waals surface area (Å²) >= 11 is 5.85. The molecule has 180 valence electrons. The Balaban J connectivity index is 1.21. The van der Waals surface area contributed by atoms with Gasteiger partial charge in [-0.25, -0.2) is 17.9 Å². The number of benzene rings is 2. The molecule has 0 aliphatic carbocycles. The van der Waals surface area contributed by atoms with Crippen molar-refractivity contribution in [1.29, 1.82) is 0 Å². The van der Waals surface area contributed by atoms with Gasteiger partial charge in [-0.05, 0) is 69.3 Å². The minimum Gasteiger partial charge on any atom is -0.337 e. The molecule has 1 aliphatic rings. The molecular formula is C24H28ClN5O3S. The maximum Gasteiger partial charge on any atom is 0.319 e. The first kappa shape index (κ1) is 24.4. The van der Waals surface area contributed by atoms with Crippen LogP contribution in [0.3, 0.4) is 0 Å². The van der Waals surface area contributed by atoms with E-state index in [1.54, 1.807) is 12.1 Å². The number of halogens is 1. The van der Waals surface area contributed by atoms with Crippen molar-refractivity contribution in [3.63, 3.8) is 0 Å². The topological polar surface area (TPSA) is 103 Å². The van der Waals surface area contributed by atoms with Gasteiger partial charge in [0.25, 0.3) is 0 Å². The molecule has 2 amide bonds. The van der Waals surface area contributed by atoms with E-state index in [0.29, 0.717) is 31.0 Å². The molecule has 34 heavy (non-hydrogen) atoms. The number of sulfonamides is 1. The predicted octanol–water partition coefficient (Wildman–Crippen LogP) is 3.76. The smallest absolute Gasteiger partial charge is 0.319 e. The van der Waals surface area contributed by atoms with E-state index in [1.165, 1.54) is 12.1 Å². The zero-order valence-electron chi connectivity index (χ0n) is 18.9. The lowest BCUT2D eigenvalue weighted by molar-refractivity contribution is 0.206. The summed E-state index contributed by atoms with van der Waals surface area (Å²) in [6, 6.07) is 15.3. The van der Waals surface area contributed by atoms with Crippen LogP contribution in [-0.2, 0) is 10.0 Å². The van der Waals surface area contributed by atoms with Crippen molar-refractivity contribution < 1.29 is 13.2 Å². The number of fused-ring (bicyclic) bond motifs is 1. The summed E-state index contributed by atoms with van der Waals surface area (Å²) in [4.78, 5) is 19.4. The normalized spacial score (nSPS) is 15.4. The highest BCUT2D eigenvalue weighted by molar-refractivity contribution is 7.89. The number of pyridine rings is 1. The van der Waals surface area contributed by atoms with Crippen LogP contribution in [0.25, 0.3) is 10.9 Å². The van der Waals surface area contributed by atoms with E-state index in [0.717, 1.165) is 35.4 Å². The van der Waals surface area contributed by atoms with Gasteiger partial charge in [-0.3, -0.25) is 4.98 Å². The fourth-order valence-corrected chi connectivity index (χ4v) is 5.51. The van der Waals surface area contributed by atoms with Crippen LogP contribution in [0.5, 0.6) is 0 Å². The Bertz CT molecular complexity index is 1260. The van der Waals surface area contributed by atoms with Gasteiger partial charge in [-0.2, -0.15) is 0 Å². The Labute approximate surface area is 204 Å². The molecule has 0 spiro atoms. The van der Waals surface area contributed by atoms with E-state index < -0.39 is 10.0 Å². The van der Waals surface area contributed by atoms with Crippen molar-refractivity contribution >= 4 is 44.2 Å². The number of para-hydroxylation sites is 1. The first-order valence-corrected chi connectivity index (χ1v) is 13.1. The zero-order valence-corrected chi connectivity index (χ0v) is 20.5. The van der Waals surface area contributed by atoms with Crippen LogP contribution < -0.4 is 15.4 Å². The number of amides is 2. The Hall–Kier alpha value is -2.72. The predicted molar refractivity (Wildman–Crippen MR) is 135 cm³/mol. The molecule has 2 aromatic carbocycles. The van der Waals surface area contributed by atoms with Crippen LogP contribution in [0.2, 0.25) is 5.02 Å². The number of aromatic nitrogens is 1. The molecule has 1 aromatic heterocycles. The Morgan fingerprint density at radius 1 is 1.12 bits per heavy atom. The van der Waals surface area contributed by atoms with Crippen molar-refractivity contribution in [3.05, 3.63) is 65.3 Å². The number of rotatable bonds is 7. The highest BCUT2D eigenvalue weighted by Gasteiger charge is 2.24. The number of hydrogen-bond acceptors (Lipinski definition) is 5. The van der Waals surface area contributed by atoms with Crippen molar-refractivity contribution in [3.8, 4) is 0 Å². The number of nitrogens with one attached hydrogen (secondary N) is 3. The number of carbonyl (C=O) groups is 1. The molecule has 10 heteroatoms. The summed E-state index contributed by atoms with van der Waals surface area (Å²) in [5, 5.41) is 7.22. The summed E-state index contributed by atoms with van der Waals surface area (Å²) in [6.45, 7) is 4.60. The van der Waals surface area contributed by atoms with E-state index in [4.69, 9.17) is 11.6 Å². The third-order valence-electron chi connectivity index (χ3n) is 5.84. The number of urea groups is 1. The second-order valence-corrected chi connectivity index (χ2v) is 10.6. The van der Waals surface area contributed by atoms with E-state index >= 15 is 0 Å². The van der Waals surface area contributed by atoms with Gasteiger partial charge in [0.1, 0.15) is 0 Å². The molecule has 0 bridgehead atoms. The van der Waals surface area contributed by atoms with E-state index in [2.05, 4.69) is 25.2 Å². The quantitative estimate of drug-likeness (QED) is 0.457. The number of likely N-dealkylation sites (tertiary alicyclic amines) is 1. The highest BCUT2D eigenvalue weighted by Crippen LogP contribution is 2.23. The van der Waals surface area contributed by atoms with Crippen LogP contribution in [0.4, 0.5) is 10.5 Å². The Kier molecular flexibility index (Phi) is 7.67. The summed E-state index contributed by atoms with van der Waals surface area (Å²) < 4.78 is 27.9. The molecule has 3 aromatic rings. The van der Waals surface area contributed by atoms with Gasteiger partial charge in [0.05, 0.1) is 16.1 Å². The lowest BCUT2D eigenvalue weighted by atomic mass is 10.1. The number of hydrogen-bond donors (Lipinski definition) is 3. The van der Waals surface area contributed by atoms with Crippen molar-refractivity contribution in [2.45, 2.75) is 30.7 Å². The molecular weight excluding hydrogens is 474 g/mol. The minimum atomic E-state index is -3.57. The van der Waals surface area contributed by atoms with Gasteiger partial charge in [0.2, 0.25) is 10.0 Å². The third kappa shape index (κ3) is 6.24. The van der Waals surface area contributed by atoms with Crippen molar-refractivity contribution in [2.75, 3.05) is 31.5 Å². The van der Waals surface area contributed by atoms with Crippen LogP contribution in [-0.4, -0.2) is 56.6 Å². The van der Waals surface area contributed by atoms with Gasteiger partial charge in [0.15, 0.2) is 0 Å². The molecule has 0 radical (unpaired) electrons. The summed E-state index contributed by atoms with van der Waals surface area (Å²) in [7, 11) is -3.57. The van der Waals surface area contributed by atoms with Crippen LogP contribution >= 0.6 is 11.6 Å². The average Bonchev–Trinajstić information content (AvgIpc) is 2.80. The molecule has 1 fully saturated rings. The molecule has 0 unspecified atom stereocenters. The average molecular weight is 502 g/mol. The van der Waals surface area contributed by atoms with Gasteiger partial charge in [-0.15, -0.1) is 0 Å². The van der Waals surface area contributed by atoms with Gasteiger partial charge in [0, 0.05) is 35.2 Å². The fourth-order valence-electron chi connectivity index (χ4n) is 4.08. The second kappa shape index (κ2) is 10.7. The molecule has 1 saturated heterocycles. The zero-order chi connectivity index (χ0) is 24.1. The lowest BCUT2D eigenvalue weighted by Crippen LogP contribution is -2.46. The Morgan fingerprint density at radius 3 is 2.56 bits per heavy atom. The molecule has 4 rings (SSSR count). The van der Waals surface area contributed by atoms with Crippen LogP contribution in [0, 0.1) is 6.92 Å². The molecule has 8 nitrogen and oxygen atoms in total. The van der Waals surface area contributed by atoms with Crippen LogP contribution in [0.15, 0.2) is 59.5 Å². The Morgan fingerprint density at radius 2 is 1.82 bits per heavy atom. The lowest BCUT2D eigenvalue weighted by Gasteiger charge is -2.32. The fraction of sp³-hybridized carbons (Fsp3) is 0.333. The minimum absolute atomic E-state index is 0.114. The van der Waals surface area contributed by atoms with Gasteiger partial charge >= 0.3 is 6.03 Å². The van der Waals surface area contributed by atoms with Gasteiger partial charge in [-0.1, -0.05) is 29.8 Å². The van der Waals surface area contributed by atoms with Crippen molar-refractivity contribution in [1.82, 2.24) is 19.9 Å². The summed E-state index contributed by atoms with van der Waals surface area (Å²) in [5.41, 5.74) is 2.41. The van der Waals surface area contributed by atoms with Gasteiger partial charge < -0.3 is 15.5 Å². The van der Waals surface area contributed by atoms with E-state index in [1.807, 2.05) is 37.3 Å². The number of anilines is 1. The maximum absolute atomic E-state index is 12.6. The van der Waals surface area contributed by atoms with Crippen molar-refractivity contribution in [2.24, 2.45) is 0 Å². The van der Waals surface area contributed by atoms with E-state index in [-0.39, 0.29) is 17.0 Å². The molecule has 0 saturated carbocycles. The standard InChI is InChI=1S/C24H28ClN5O3S/c1-17-16-23(21-4-2-3-5-22(21)27-17)28-24(31)26-12-15-30-13-10-19(11-14-30)29-34(32,33)20-8-6-18(25)7-9-20/h2-9,16,19,29H,10-15H2,1H3,(H2,26,27,28,31). The number of piperidine rings is 1. The molecule has 2 heterocycles. The maximum atomic E-state index is 12.6. The third-order valence-corrected chi connectivity index (χ3v) is 7.63. The monoisotopic (exact) mass is 501 g/mol. The second-order valence-electron chi connectivity index (χ2n) is 8.40. The first-order chi connectivity index (χ1) is 16.3. The summed E-state index contributed by atoms with van der Waals surface area (Å²) in [5.74, 6) is 0.